The van der Waals surface area contributed by atoms with Crippen LogP contribution in [0.5, 0.6) is 11.5 Å². The van der Waals surface area contributed by atoms with Gasteiger partial charge in [-0.05, 0) is 104 Å². The number of rotatable bonds is 23. The number of amides is 1. The molecule has 0 radical (unpaired) electrons. The van der Waals surface area contributed by atoms with Gasteiger partial charge in [0, 0.05) is 69.4 Å². The van der Waals surface area contributed by atoms with E-state index in [1.165, 1.54) is 24.3 Å². The van der Waals surface area contributed by atoms with Gasteiger partial charge in [-0.25, -0.2) is 9.18 Å². The van der Waals surface area contributed by atoms with Crippen LogP contribution in [0, 0.1) is 33.7 Å². The number of nitro benzene ring substituents is 1. The lowest BCUT2D eigenvalue weighted by molar-refractivity contribution is -0.384. The van der Waals surface area contributed by atoms with Crippen molar-refractivity contribution in [2.75, 3.05) is 52.7 Å². The van der Waals surface area contributed by atoms with Crippen molar-refractivity contribution < 1.29 is 48.1 Å². The number of allylic oxidation sites excluding steroid dienone is 1. The van der Waals surface area contributed by atoms with E-state index in [0.717, 1.165) is 56.5 Å². The molecule has 2 aliphatic heterocycles. The molecule has 6 atom stereocenters. The van der Waals surface area contributed by atoms with Crippen molar-refractivity contribution in [2.45, 2.75) is 82.8 Å². The zero-order chi connectivity index (χ0) is 44.3. The Labute approximate surface area is 368 Å². The molecular formula is C48H59FN4O10. The van der Waals surface area contributed by atoms with E-state index in [2.05, 4.69) is 23.6 Å². The summed E-state index contributed by atoms with van der Waals surface area (Å²) >= 11 is 0. The van der Waals surface area contributed by atoms with Gasteiger partial charge in [0.2, 0.25) is 5.79 Å². The zero-order valence-corrected chi connectivity index (χ0v) is 35.9. The summed E-state index contributed by atoms with van der Waals surface area (Å²) in [6.45, 7) is 9.55. The van der Waals surface area contributed by atoms with Gasteiger partial charge in [0.25, 0.3) is 5.69 Å². The molecule has 2 aliphatic carbocycles. The molecule has 2 heterocycles. The van der Waals surface area contributed by atoms with Gasteiger partial charge in [-0.15, -0.1) is 6.58 Å². The summed E-state index contributed by atoms with van der Waals surface area (Å²) in [5.41, 5.74) is 3.64. The van der Waals surface area contributed by atoms with Crippen molar-refractivity contribution in [3.8, 4) is 11.5 Å². The lowest BCUT2D eigenvalue weighted by Gasteiger charge is -2.59. The van der Waals surface area contributed by atoms with Crippen LogP contribution >= 0.6 is 0 Å². The van der Waals surface area contributed by atoms with Crippen LogP contribution in [0.3, 0.4) is 0 Å². The molecule has 0 bridgehead atoms. The maximum absolute atomic E-state index is 14.4. The number of nitro groups is 1. The first kappa shape index (κ1) is 45.7. The number of carbonyl (C=O) groups is 1. The number of nitrogens with zero attached hydrogens (tertiary/aromatic N) is 4. The van der Waals surface area contributed by atoms with Crippen LogP contribution in [0.2, 0.25) is 0 Å². The van der Waals surface area contributed by atoms with Crippen molar-refractivity contribution in [3.05, 3.63) is 124 Å². The van der Waals surface area contributed by atoms with Crippen LogP contribution < -0.4 is 9.47 Å². The minimum Gasteiger partial charge on any atom is -0.492 e. The molecule has 1 saturated carbocycles. The number of halogens is 1. The average molecular weight is 871 g/mol. The summed E-state index contributed by atoms with van der Waals surface area (Å²) in [4.78, 5) is 35.3. The molecule has 338 valence electrons. The topological polar surface area (TPSA) is 165 Å². The fourth-order valence-electron chi connectivity index (χ4n) is 9.52. The molecule has 15 heteroatoms. The number of carbonyl (C=O) groups excluding carboxylic acids is 1. The molecule has 3 aromatic carbocycles. The number of non-ortho nitro benzene ring substituents is 1. The Morgan fingerprint density at radius 2 is 1.78 bits per heavy atom. The van der Waals surface area contributed by atoms with Gasteiger partial charge in [-0.3, -0.25) is 19.9 Å². The molecule has 6 unspecified atom stereocenters. The van der Waals surface area contributed by atoms with E-state index in [9.17, 15) is 29.5 Å². The normalized spacial score (nSPS) is 24.0. The van der Waals surface area contributed by atoms with E-state index in [1.54, 1.807) is 42.2 Å². The summed E-state index contributed by atoms with van der Waals surface area (Å²) < 4.78 is 40.7. The van der Waals surface area contributed by atoms with Crippen molar-refractivity contribution >= 4 is 17.5 Å². The standard InChI is InChI=1S/C48H59FN4O10/c1-3-26-61-48-44(52(47(56)59-4-2)31-33-11-15-36(49)16-12-33)30-42(50-62-32-34-13-17-37(18-14-34)53(57)58)40-28-35(9-5-7-24-54)39(10-6-8-25-55)45(46(40)48)41-29-38(19-20-43(41)63-48)60-27-23-51-21-22-51/h3,11-20,28-29,35,39,44-46,54-55H,1,4-10,21-27,30-32H2,2H3. The molecular weight excluding hydrogens is 812 g/mol. The van der Waals surface area contributed by atoms with Crippen molar-refractivity contribution in [2.24, 2.45) is 22.9 Å². The molecule has 0 spiro atoms. The largest absolute Gasteiger partial charge is 0.492 e. The van der Waals surface area contributed by atoms with Crippen molar-refractivity contribution in [1.29, 1.82) is 0 Å². The summed E-state index contributed by atoms with van der Waals surface area (Å²) in [6.07, 6.45) is 7.73. The fraction of sp³-hybridized carbons (Fsp3) is 0.500. The molecule has 2 fully saturated rings. The monoisotopic (exact) mass is 870 g/mol. The predicted octanol–water partition coefficient (Wildman–Crippen LogP) is 7.92. The number of hydrogen-bond donors (Lipinski definition) is 2. The van der Waals surface area contributed by atoms with Crippen LogP contribution in [-0.4, -0.2) is 101 Å². The quantitative estimate of drug-likeness (QED) is 0.0313. The number of aliphatic hydroxyl groups is 2. The smallest absolute Gasteiger partial charge is 0.410 e. The van der Waals surface area contributed by atoms with Crippen molar-refractivity contribution in [3.63, 3.8) is 0 Å². The Morgan fingerprint density at radius 3 is 2.46 bits per heavy atom. The summed E-state index contributed by atoms with van der Waals surface area (Å²) in [5.74, 6) is -1.48. The Morgan fingerprint density at radius 1 is 1.05 bits per heavy atom. The number of aliphatic hydroxyl groups excluding tert-OH is 2. The number of oxime groups is 1. The second-order valence-corrected chi connectivity index (χ2v) is 16.6. The van der Waals surface area contributed by atoms with Gasteiger partial charge < -0.3 is 34.0 Å². The second-order valence-electron chi connectivity index (χ2n) is 16.6. The third kappa shape index (κ3) is 10.7. The van der Waals surface area contributed by atoms with Crippen molar-refractivity contribution in [1.82, 2.24) is 9.80 Å². The van der Waals surface area contributed by atoms with Gasteiger partial charge in [0.15, 0.2) is 0 Å². The Hall–Kier alpha value is -5.35. The molecule has 63 heavy (non-hydrogen) atoms. The maximum Gasteiger partial charge on any atom is 0.410 e. The maximum atomic E-state index is 14.4. The molecule has 4 aliphatic rings. The number of benzene rings is 3. The van der Waals surface area contributed by atoms with Crippen LogP contribution in [0.4, 0.5) is 14.9 Å². The Kier molecular flexibility index (Phi) is 15.5. The molecule has 1 saturated heterocycles. The van der Waals surface area contributed by atoms with Gasteiger partial charge in [-0.2, -0.15) is 0 Å². The molecule has 3 aromatic rings. The molecule has 2 N–H and O–H groups in total. The number of unbranched alkanes of at least 4 members (excludes halogenated alkanes) is 2. The van der Waals surface area contributed by atoms with Gasteiger partial charge >= 0.3 is 6.09 Å². The molecule has 1 amide bonds. The average Bonchev–Trinajstić information content (AvgIpc) is 4.12. The SMILES string of the molecule is C=CCOC12Oc3ccc(OCCN4CC4)cc3C3C(CCCCO)C(CCCCO)C=C(C(=NOCc4ccc([N+](=O)[O-])cc4)CC1N(Cc1ccc(F)cc1)C(=O)OCC)C32. The summed E-state index contributed by atoms with van der Waals surface area (Å²) in [5, 5.41) is 36.1. The molecule has 14 nitrogen and oxygen atoms in total. The number of ether oxygens (including phenoxy) is 4. The van der Waals surface area contributed by atoms with Gasteiger partial charge in [0.1, 0.15) is 36.6 Å². The van der Waals surface area contributed by atoms with Crippen LogP contribution in [0.15, 0.2) is 96.2 Å². The minimum atomic E-state index is -1.53. The van der Waals surface area contributed by atoms with E-state index in [-0.39, 0.29) is 69.4 Å². The fourth-order valence-corrected chi connectivity index (χ4v) is 9.52. The molecule has 7 rings (SSSR count). The number of fused-ring (bicyclic) bond motifs is 2. The summed E-state index contributed by atoms with van der Waals surface area (Å²) in [6, 6.07) is 17.1. The third-order valence-electron chi connectivity index (χ3n) is 12.6. The van der Waals surface area contributed by atoms with E-state index in [1.807, 2.05) is 12.1 Å². The number of hydrogen-bond acceptors (Lipinski definition) is 12. The second kappa shape index (κ2) is 21.3. The lowest BCUT2D eigenvalue weighted by Crippen LogP contribution is -2.70. The van der Waals surface area contributed by atoms with Crippen LogP contribution in [0.1, 0.15) is 74.5 Å². The van der Waals surface area contributed by atoms with Crippen LogP contribution in [0.25, 0.3) is 0 Å². The van der Waals surface area contributed by atoms with Gasteiger partial charge in [-0.1, -0.05) is 42.3 Å². The summed E-state index contributed by atoms with van der Waals surface area (Å²) in [7, 11) is 0. The lowest BCUT2D eigenvalue weighted by atomic mass is 9.55. The van der Waals surface area contributed by atoms with E-state index >= 15 is 0 Å². The predicted molar refractivity (Wildman–Crippen MR) is 234 cm³/mol. The Balaban J connectivity index is 1.41. The third-order valence-corrected chi connectivity index (χ3v) is 12.6. The van der Waals surface area contributed by atoms with E-state index < -0.39 is 34.6 Å². The Bertz CT molecular complexity index is 2090. The van der Waals surface area contributed by atoms with Gasteiger partial charge in [0.05, 0.1) is 29.8 Å². The highest BCUT2D eigenvalue weighted by Gasteiger charge is 2.65. The highest BCUT2D eigenvalue weighted by Crippen LogP contribution is 2.62. The highest BCUT2D eigenvalue weighted by molar-refractivity contribution is 6.03. The first-order chi connectivity index (χ1) is 30.7. The van der Waals surface area contributed by atoms with E-state index in [4.69, 9.17) is 28.9 Å². The zero-order valence-electron chi connectivity index (χ0n) is 35.9. The highest BCUT2D eigenvalue weighted by atomic mass is 19.1. The molecule has 0 aromatic heterocycles. The first-order valence-electron chi connectivity index (χ1n) is 22.2. The minimum absolute atomic E-state index is 0.000318. The van der Waals surface area contributed by atoms with E-state index in [0.29, 0.717) is 47.8 Å². The van der Waals surface area contributed by atoms with Crippen LogP contribution in [-0.2, 0) is 27.5 Å². The first-order valence-corrected chi connectivity index (χ1v) is 22.2.